The predicted octanol–water partition coefficient (Wildman–Crippen LogP) is 4.67. The molecule has 2 aromatic carbocycles. The Morgan fingerprint density at radius 3 is 2.26 bits per heavy atom. The van der Waals surface area contributed by atoms with E-state index in [1.165, 1.54) is 28.3 Å². The van der Waals surface area contributed by atoms with Crippen molar-refractivity contribution in [2.24, 2.45) is 0 Å². The second-order valence-electron chi connectivity index (χ2n) is 5.18. The summed E-state index contributed by atoms with van der Waals surface area (Å²) >= 11 is 0. The molecule has 1 nitrogen and oxygen atoms in total. The van der Waals surface area contributed by atoms with E-state index in [1.807, 2.05) is 6.92 Å². The van der Waals surface area contributed by atoms with Gasteiger partial charge in [0.15, 0.2) is 0 Å². The van der Waals surface area contributed by atoms with Gasteiger partial charge in [0.2, 0.25) is 0 Å². The molecular formula is C17H20FN. The molecule has 1 N–H and O–H groups in total. The van der Waals surface area contributed by atoms with E-state index in [-0.39, 0.29) is 5.82 Å². The number of nitrogens with one attached hydrogen (secondary N) is 1. The van der Waals surface area contributed by atoms with Crippen molar-refractivity contribution in [2.75, 3.05) is 5.32 Å². The number of hydrogen-bond acceptors (Lipinski definition) is 1. The Hall–Kier alpha value is -1.83. The van der Waals surface area contributed by atoms with E-state index < -0.39 is 0 Å². The first-order valence-corrected chi connectivity index (χ1v) is 6.54. The van der Waals surface area contributed by atoms with E-state index in [9.17, 15) is 4.39 Å². The SMILES string of the molecule is Cc1cc(C)c(CNc2cc(F)ccc2C)cc1C. The molecule has 0 aliphatic rings. The van der Waals surface area contributed by atoms with Crippen LogP contribution in [0, 0.1) is 33.5 Å². The Bertz CT molecular complexity index is 602. The molecule has 0 saturated carbocycles. The molecule has 2 rings (SSSR count). The van der Waals surface area contributed by atoms with Gasteiger partial charge >= 0.3 is 0 Å². The average molecular weight is 257 g/mol. The number of anilines is 1. The molecule has 0 aliphatic carbocycles. The summed E-state index contributed by atoms with van der Waals surface area (Å²) in [6.45, 7) is 9.05. The van der Waals surface area contributed by atoms with Crippen molar-refractivity contribution in [1.82, 2.24) is 0 Å². The van der Waals surface area contributed by atoms with Gasteiger partial charge in [-0.2, -0.15) is 0 Å². The highest BCUT2D eigenvalue weighted by Gasteiger charge is 2.04. The molecule has 0 heterocycles. The van der Waals surface area contributed by atoms with Crippen LogP contribution in [0.1, 0.15) is 27.8 Å². The molecule has 0 fully saturated rings. The first-order valence-electron chi connectivity index (χ1n) is 6.54. The minimum Gasteiger partial charge on any atom is -0.381 e. The molecule has 0 radical (unpaired) electrons. The number of hydrogen-bond donors (Lipinski definition) is 1. The van der Waals surface area contributed by atoms with E-state index >= 15 is 0 Å². The third-order valence-electron chi connectivity index (χ3n) is 3.62. The van der Waals surface area contributed by atoms with Gasteiger partial charge in [0.1, 0.15) is 5.82 Å². The Morgan fingerprint density at radius 1 is 0.842 bits per heavy atom. The number of halogens is 1. The second-order valence-corrected chi connectivity index (χ2v) is 5.18. The summed E-state index contributed by atoms with van der Waals surface area (Å²) in [7, 11) is 0. The van der Waals surface area contributed by atoms with E-state index in [2.05, 4.69) is 38.2 Å². The van der Waals surface area contributed by atoms with Gasteiger partial charge in [-0.15, -0.1) is 0 Å². The van der Waals surface area contributed by atoms with Crippen LogP contribution in [0.3, 0.4) is 0 Å². The third-order valence-corrected chi connectivity index (χ3v) is 3.62. The Kier molecular flexibility index (Phi) is 3.89. The molecule has 0 unspecified atom stereocenters. The van der Waals surface area contributed by atoms with Gasteiger partial charge in [-0.1, -0.05) is 18.2 Å². The van der Waals surface area contributed by atoms with E-state index in [0.29, 0.717) is 0 Å². The largest absolute Gasteiger partial charge is 0.381 e. The Balaban J connectivity index is 2.19. The van der Waals surface area contributed by atoms with Crippen LogP contribution in [0.4, 0.5) is 10.1 Å². The fourth-order valence-corrected chi connectivity index (χ4v) is 2.19. The fourth-order valence-electron chi connectivity index (χ4n) is 2.19. The minimum absolute atomic E-state index is 0.204. The maximum absolute atomic E-state index is 13.2. The van der Waals surface area contributed by atoms with Gasteiger partial charge in [-0.25, -0.2) is 4.39 Å². The molecule has 0 amide bonds. The van der Waals surface area contributed by atoms with Gasteiger partial charge in [-0.3, -0.25) is 0 Å². The smallest absolute Gasteiger partial charge is 0.125 e. The maximum atomic E-state index is 13.2. The normalized spacial score (nSPS) is 10.6. The van der Waals surface area contributed by atoms with Crippen LogP contribution in [-0.2, 0) is 6.54 Å². The summed E-state index contributed by atoms with van der Waals surface area (Å²) < 4.78 is 13.2. The zero-order valence-corrected chi connectivity index (χ0v) is 12.0. The molecule has 0 atom stereocenters. The van der Waals surface area contributed by atoms with Crippen LogP contribution in [-0.4, -0.2) is 0 Å². The summed E-state index contributed by atoms with van der Waals surface area (Å²) in [4.78, 5) is 0. The monoisotopic (exact) mass is 257 g/mol. The molecular weight excluding hydrogens is 237 g/mol. The first-order chi connectivity index (χ1) is 8.97. The molecule has 100 valence electrons. The van der Waals surface area contributed by atoms with Gasteiger partial charge in [-0.05, 0) is 67.6 Å². The highest BCUT2D eigenvalue weighted by Crippen LogP contribution is 2.20. The van der Waals surface area contributed by atoms with Crippen molar-refractivity contribution < 1.29 is 4.39 Å². The number of rotatable bonds is 3. The molecule has 0 aromatic heterocycles. The number of benzene rings is 2. The molecule has 0 saturated heterocycles. The summed E-state index contributed by atoms with van der Waals surface area (Å²) in [6, 6.07) is 9.23. The van der Waals surface area contributed by atoms with Crippen LogP contribution in [0.25, 0.3) is 0 Å². The molecule has 0 aliphatic heterocycles. The molecule has 2 heteroatoms. The lowest BCUT2D eigenvalue weighted by Gasteiger charge is -2.13. The van der Waals surface area contributed by atoms with Crippen molar-refractivity contribution in [2.45, 2.75) is 34.2 Å². The van der Waals surface area contributed by atoms with Crippen LogP contribution in [0.5, 0.6) is 0 Å². The Labute approximate surface area is 114 Å². The zero-order valence-electron chi connectivity index (χ0n) is 12.0. The van der Waals surface area contributed by atoms with Gasteiger partial charge in [0.05, 0.1) is 0 Å². The fraction of sp³-hybridized carbons (Fsp3) is 0.294. The van der Waals surface area contributed by atoms with Gasteiger partial charge < -0.3 is 5.32 Å². The van der Waals surface area contributed by atoms with Gasteiger partial charge in [0.25, 0.3) is 0 Å². The molecule has 0 spiro atoms. The maximum Gasteiger partial charge on any atom is 0.125 e. The summed E-state index contributed by atoms with van der Waals surface area (Å²) in [6.07, 6.45) is 0. The lowest BCUT2D eigenvalue weighted by atomic mass is 10.0. The standard InChI is InChI=1S/C17H20FN/c1-11-5-6-16(18)9-17(11)19-10-15-8-13(3)12(2)7-14(15)4/h5-9,19H,10H2,1-4H3. The molecule has 19 heavy (non-hydrogen) atoms. The second kappa shape index (κ2) is 5.43. The van der Waals surface area contributed by atoms with Crippen LogP contribution < -0.4 is 5.32 Å². The van der Waals surface area contributed by atoms with Crippen LogP contribution in [0.15, 0.2) is 30.3 Å². The number of aryl methyl sites for hydroxylation is 4. The molecule has 2 aromatic rings. The lowest BCUT2D eigenvalue weighted by molar-refractivity contribution is 0.628. The topological polar surface area (TPSA) is 12.0 Å². The van der Waals surface area contributed by atoms with E-state index in [1.54, 1.807) is 12.1 Å². The van der Waals surface area contributed by atoms with Crippen molar-refractivity contribution >= 4 is 5.69 Å². The zero-order chi connectivity index (χ0) is 14.0. The summed E-state index contributed by atoms with van der Waals surface area (Å²) in [5, 5.41) is 3.32. The van der Waals surface area contributed by atoms with Crippen molar-refractivity contribution in [3.8, 4) is 0 Å². The van der Waals surface area contributed by atoms with Crippen molar-refractivity contribution in [3.05, 3.63) is 64.0 Å². The first kappa shape index (κ1) is 13.6. The van der Waals surface area contributed by atoms with Crippen LogP contribution in [0.2, 0.25) is 0 Å². The Morgan fingerprint density at radius 2 is 1.53 bits per heavy atom. The van der Waals surface area contributed by atoms with Crippen LogP contribution >= 0.6 is 0 Å². The molecule has 0 bridgehead atoms. The average Bonchev–Trinajstić information content (AvgIpc) is 2.36. The van der Waals surface area contributed by atoms with Crippen molar-refractivity contribution in [1.29, 1.82) is 0 Å². The van der Waals surface area contributed by atoms with E-state index in [0.717, 1.165) is 17.8 Å². The lowest BCUT2D eigenvalue weighted by Crippen LogP contribution is -2.04. The van der Waals surface area contributed by atoms with E-state index in [4.69, 9.17) is 0 Å². The quantitative estimate of drug-likeness (QED) is 0.842. The summed E-state index contributed by atoms with van der Waals surface area (Å²) in [5.41, 5.74) is 7.04. The van der Waals surface area contributed by atoms with Gasteiger partial charge in [0, 0.05) is 12.2 Å². The summed E-state index contributed by atoms with van der Waals surface area (Å²) in [5.74, 6) is -0.204. The highest BCUT2D eigenvalue weighted by molar-refractivity contribution is 5.51. The van der Waals surface area contributed by atoms with Crippen molar-refractivity contribution in [3.63, 3.8) is 0 Å². The third kappa shape index (κ3) is 3.14. The highest BCUT2D eigenvalue weighted by atomic mass is 19.1. The predicted molar refractivity (Wildman–Crippen MR) is 79.1 cm³/mol. The minimum atomic E-state index is -0.204.